The van der Waals surface area contributed by atoms with Gasteiger partial charge in [-0.15, -0.1) is 0 Å². The fourth-order valence-electron chi connectivity index (χ4n) is 7.60. The van der Waals surface area contributed by atoms with Gasteiger partial charge < -0.3 is 9.64 Å². The van der Waals surface area contributed by atoms with Crippen molar-refractivity contribution in [2.45, 2.75) is 39.4 Å². The fraction of sp³-hybridized carbons (Fsp3) is 0.143. The molecule has 2 aliphatic rings. The average Bonchev–Trinajstić information content (AvgIpc) is 3.73. The summed E-state index contributed by atoms with van der Waals surface area (Å²) in [6, 6.07) is 43.4. The molecule has 5 aromatic carbocycles. The van der Waals surface area contributed by atoms with E-state index in [1.807, 2.05) is 12.3 Å². The first-order valence-corrected chi connectivity index (χ1v) is 16.3. The molecule has 0 saturated heterocycles. The normalized spacial score (nSPS) is 16.8. The Labute approximate surface area is 274 Å². The Morgan fingerprint density at radius 3 is 2.34 bits per heavy atom. The molecule has 2 atom stereocenters. The predicted molar refractivity (Wildman–Crippen MR) is 190 cm³/mol. The number of aromatic nitrogens is 2. The molecule has 7 aromatic rings. The van der Waals surface area contributed by atoms with Gasteiger partial charge in [0.05, 0.1) is 17.2 Å². The third kappa shape index (κ3) is 4.61. The van der Waals surface area contributed by atoms with Crippen molar-refractivity contribution in [3.8, 4) is 17.2 Å². The number of benzene rings is 5. The summed E-state index contributed by atoms with van der Waals surface area (Å²) in [4.78, 5) is 12.7. The molecule has 2 aliphatic heterocycles. The molecule has 9 rings (SSSR count). The fourth-order valence-corrected chi connectivity index (χ4v) is 7.60. The van der Waals surface area contributed by atoms with E-state index in [1.165, 1.54) is 27.6 Å². The number of amidine groups is 1. The number of aryl methyl sites for hydroxylation is 3. The Balaban J connectivity index is 1.11. The zero-order valence-electron chi connectivity index (χ0n) is 26.7. The second kappa shape index (κ2) is 10.7. The van der Waals surface area contributed by atoms with Gasteiger partial charge in [-0.1, -0.05) is 66.2 Å². The minimum Gasteiger partial charge on any atom is -0.457 e. The zero-order valence-corrected chi connectivity index (χ0v) is 26.7. The van der Waals surface area contributed by atoms with Gasteiger partial charge in [0.2, 0.25) is 0 Å². The molecule has 47 heavy (non-hydrogen) atoms. The smallest absolute Gasteiger partial charge is 0.145 e. The van der Waals surface area contributed by atoms with Crippen LogP contribution in [0, 0.1) is 20.8 Å². The summed E-state index contributed by atoms with van der Waals surface area (Å²) in [5.41, 5.74) is 11.6. The molecule has 0 unspecified atom stereocenters. The number of rotatable bonds is 5. The van der Waals surface area contributed by atoms with Gasteiger partial charge in [-0.25, -0.2) is 4.98 Å². The van der Waals surface area contributed by atoms with Crippen LogP contribution in [-0.4, -0.2) is 20.3 Å². The molecule has 0 spiro atoms. The number of ether oxygens (including phenoxy) is 1. The lowest BCUT2D eigenvalue weighted by Gasteiger charge is -2.24. The van der Waals surface area contributed by atoms with E-state index in [-0.39, 0.29) is 12.1 Å². The van der Waals surface area contributed by atoms with Crippen molar-refractivity contribution in [1.29, 1.82) is 0 Å². The number of fused-ring (bicyclic) bond motifs is 6. The second-order valence-corrected chi connectivity index (χ2v) is 13.0. The first-order chi connectivity index (χ1) is 23.0. The molecule has 5 nitrogen and oxygen atoms in total. The average molecular weight is 611 g/mol. The van der Waals surface area contributed by atoms with E-state index in [4.69, 9.17) is 14.7 Å². The van der Waals surface area contributed by atoms with Crippen LogP contribution in [0.2, 0.25) is 0 Å². The van der Waals surface area contributed by atoms with Gasteiger partial charge >= 0.3 is 0 Å². The molecular weight excluding hydrogens is 576 g/mol. The lowest BCUT2D eigenvalue weighted by Crippen LogP contribution is -2.26. The van der Waals surface area contributed by atoms with Gasteiger partial charge in [-0.2, -0.15) is 0 Å². The van der Waals surface area contributed by atoms with Crippen molar-refractivity contribution >= 4 is 27.8 Å². The minimum absolute atomic E-state index is 0.0303. The van der Waals surface area contributed by atoms with Crippen LogP contribution in [0.1, 0.15) is 51.0 Å². The molecule has 0 saturated carbocycles. The van der Waals surface area contributed by atoms with Crippen molar-refractivity contribution in [1.82, 2.24) is 14.5 Å². The Hall–Kier alpha value is -5.68. The molecule has 0 bridgehead atoms. The van der Waals surface area contributed by atoms with Crippen molar-refractivity contribution < 1.29 is 4.74 Å². The van der Waals surface area contributed by atoms with Gasteiger partial charge in [-0.3, -0.25) is 9.56 Å². The summed E-state index contributed by atoms with van der Waals surface area (Å²) >= 11 is 0. The van der Waals surface area contributed by atoms with Crippen LogP contribution in [0.25, 0.3) is 27.6 Å². The van der Waals surface area contributed by atoms with E-state index >= 15 is 0 Å². The highest BCUT2D eigenvalue weighted by Crippen LogP contribution is 2.49. The summed E-state index contributed by atoms with van der Waals surface area (Å²) < 4.78 is 8.94. The molecule has 0 amide bonds. The van der Waals surface area contributed by atoms with Gasteiger partial charge in [0.25, 0.3) is 0 Å². The molecule has 0 fully saturated rings. The predicted octanol–water partition coefficient (Wildman–Crippen LogP) is 9.95. The van der Waals surface area contributed by atoms with Crippen LogP contribution in [0.3, 0.4) is 0 Å². The molecule has 5 heteroatoms. The van der Waals surface area contributed by atoms with E-state index in [2.05, 4.69) is 145 Å². The largest absolute Gasteiger partial charge is 0.457 e. The molecule has 0 radical (unpaired) electrons. The third-order valence-corrected chi connectivity index (χ3v) is 9.54. The maximum Gasteiger partial charge on any atom is 0.145 e. The Kier molecular flexibility index (Phi) is 6.29. The molecular formula is C42H34N4O. The molecule has 2 aromatic heterocycles. The maximum absolute atomic E-state index is 6.70. The lowest BCUT2D eigenvalue weighted by atomic mass is 9.94. The van der Waals surface area contributed by atoms with Crippen molar-refractivity contribution in [3.05, 3.63) is 166 Å². The highest BCUT2D eigenvalue weighted by molar-refractivity contribution is 6.08. The van der Waals surface area contributed by atoms with Crippen molar-refractivity contribution in [2.75, 3.05) is 0 Å². The summed E-state index contributed by atoms with van der Waals surface area (Å²) in [5, 5.41) is 2.35. The van der Waals surface area contributed by atoms with Crippen LogP contribution in [-0.2, 0) is 6.54 Å². The first-order valence-electron chi connectivity index (χ1n) is 16.3. The van der Waals surface area contributed by atoms with Crippen LogP contribution < -0.4 is 4.74 Å². The van der Waals surface area contributed by atoms with Gasteiger partial charge in [0.1, 0.15) is 29.0 Å². The number of hydrogen-bond acceptors (Lipinski definition) is 4. The SMILES string of the molecule is Cc1cc(Oc2cc(C)cc(-n3c4ccc(C)cc4c4cccnc43)c2)cc(C2=N[C@H](c3ccccc3)[C@@H]3c4ccccc4CN23)c1. The molecule has 0 aliphatic carbocycles. The van der Waals surface area contributed by atoms with E-state index < -0.39 is 0 Å². The van der Waals surface area contributed by atoms with Gasteiger partial charge in [-0.05, 0) is 103 Å². The molecule has 0 N–H and O–H groups in total. The molecule has 4 heterocycles. The summed E-state index contributed by atoms with van der Waals surface area (Å²) in [7, 11) is 0. The van der Waals surface area contributed by atoms with E-state index in [9.17, 15) is 0 Å². The summed E-state index contributed by atoms with van der Waals surface area (Å²) in [6.07, 6.45) is 1.86. The number of aliphatic imine (C=N–C) groups is 1. The highest BCUT2D eigenvalue weighted by Gasteiger charge is 2.43. The van der Waals surface area contributed by atoms with E-state index in [0.717, 1.165) is 62.8 Å². The van der Waals surface area contributed by atoms with Crippen LogP contribution in [0.4, 0.5) is 0 Å². The Morgan fingerprint density at radius 1 is 0.681 bits per heavy atom. The number of pyridine rings is 1. The number of nitrogens with zero attached hydrogens (tertiary/aromatic N) is 4. The zero-order chi connectivity index (χ0) is 31.6. The van der Waals surface area contributed by atoms with Crippen LogP contribution in [0.15, 0.2) is 133 Å². The summed E-state index contributed by atoms with van der Waals surface area (Å²) in [5.74, 6) is 2.60. The first kappa shape index (κ1) is 27.6. The third-order valence-electron chi connectivity index (χ3n) is 9.54. The topological polar surface area (TPSA) is 42.6 Å². The summed E-state index contributed by atoms with van der Waals surface area (Å²) in [6.45, 7) is 7.23. The Morgan fingerprint density at radius 2 is 1.47 bits per heavy atom. The highest BCUT2D eigenvalue weighted by atomic mass is 16.5. The quantitative estimate of drug-likeness (QED) is 0.195. The Bertz CT molecular complexity index is 2370. The van der Waals surface area contributed by atoms with Crippen molar-refractivity contribution in [3.63, 3.8) is 0 Å². The maximum atomic E-state index is 6.70. The molecule has 228 valence electrons. The van der Waals surface area contributed by atoms with Crippen LogP contribution in [0.5, 0.6) is 11.5 Å². The number of hydrogen-bond donors (Lipinski definition) is 0. The minimum atomic E-state index is 0.0303. The lowest BCUT2D eigenvalue weighted by molar-refractivity contribution is 0.341. The van der Waals surface area contributed by atoms with E-state index in [1.54, 1.807) is 0 Å². The van der Waals surface area contributed by atoms with E-state index in [0.29, 0.717) is 0 Å². The van der Waals surface area contributed by atoms with Crippen LogP contribution >= 0.6 is 0 Å². The second-order valence-electron chi connectivity index (χ2n) is 13.0. The monoisotopic (exact) mass is 610 g/mol. The van der Waals surface area contributed by atoms with Crippen molar-refractivity contribution in [2.24, 2.45) is 4.99 Å². The standard InChI is InChI=1S/C42H34N4O/c1-26-15-16-38-37(22-26)36-14-9-17-43-42(36)46(38)32-19-28(3)21-34(24-32)47-33-20-27(2)18-31(23-33)41-44-39(29-10-5-4-6-11-29)40-35-13-8-7-12-30(35)25-45(40)41/h4-24,39-40H,25H2,1-3H3/t39-,40+/m1/s1. The van der Waals surface area contributed by atoms with Gasteiger partial charge in [0, 0.05) is 35.1 Å². The van der Waals surface area contributed by atoms with Gasteiger partial charge in [0.15, 0.2) is 0 Å².